The van der Waals surface area contributed by atoms with Crippen LogP contribution >= 0.6 is 11.6 Å². The number of aliphatic imine (C=N–C) groups is 1. The summed E-state index contributed by atoms with van der Waals surface area (Å²) < 4.78 is 24.6. The van der Waals surface area contributed by atoms with Crippen molar-refractivity contribution in [2.24, 2.45) is 4.99 Å². The fraction of sp³-hybridized carbons (Fsp3) is 0.192. The number of anilines is 3. The Labute approximate surface area is 216 Å². The molecule has 190 valence electrons. The highest BCUT2D eigenvalue weighted by atomic mass is 35.5. The Balaban J connectivity index is 1.33. The van der Waals surface area contributed by atoms with E-state index in [9.17, 15) is 14.6 Å². The predicted molar refractivity (Wildman–Crippen MR) is 139 cm³/mol. The number of amidine groups is 1. The molecule has 3 aromatic carbocycles. The second kappa shape index (κ2) is 10.6. The zero-order valence-corrected chi connectivity index (χ0v) is 20.2. The second-order valence-corrected chi connectivity index (χ2v) is 8.92. The highest BCUT2D eigenvalue weighted by Gasteiger charge is 2.35. The lowest BCUT2D eigenvalue weighted by Gasteiger charge is -2.16. The van der Waals surface area contributed by atoms with Crippen LogP contribution in [0.5, 0.6) is 5.75 Å². The van der Waals surface area contributed by atoms with Crippen LogP contribution in [-0.2, 0) is 11.3 Å². The lowest BCUT2D eigenvalue weighted by atomic mass is 10.1. The third-order valence-corrected chi connectivity index (χ3v) is 6.06. The summed E-state index contributed by atoms with van der Waals surface area (Å²) in [7, 11) is 0. The number of aromatic nitrogens is 2. The monoisotopic (exact) mass is 523 g/mol. The van der Waals surface area contributed by atoms with Crippen LogP contribution in [0.1, 0.15) is 5.56 Å². The molecule has 0 bridgehead atoms. The third-order valence-electron chi connectivity index (χ3n) is 5.77. The fourth-order valence-corrected chi connectivity index (χ4v) is 3.97. The van der Waals surface area contributed by atoms with Gasteiger partial charge in [-0.25, -0.2) is 19.4 Å². The van der Waals surface area contributed by atoms with E-state index in [0.29, 0.717) is 39.0 Å². The van der Waals surface area contributed by atoms with Crippen LogP contribution < -0.4 is 15.4 Å². The first-order valence-electron chi connectivity index (χ1n) is 11.4. The number of rotatable bonds is 8. The summed E-state index contributed by atoms with van der Waals surface area (Å²) in [6.07, 6.45) is 1.46. The minimum Gasteiger partial charge on any atom is -0.487 e. The van der Waals surface area contributed by atoms with Gasteiger partial charge in [0.25, 0.3) is 6.02 Å². The first-order chi connectivity index (χ1) is 18.0. The van der Waals surface area contributed by atoms with Crippen LogP contribution in [0, 0.1) is 5.82 Å². The maximum Gasteiger partial charge on any atom is 0.290 e. The molecular formula is C26H23ClFN5O4. The molecule has 0 amide bonds. The Morgan fingerprint density at radius 1 is 1.00 bits per heavy atom. The summed E-state index contributed by atoms with van der Waals surface area (Å²) in [5.74, 6) is 0.691. The highest BCUT2D eigenvalue weighted by Crippen LogP contribution is 2.32. The van der Waals surface area contributed by atoms with Crippen LogP contribution in [0.25, 0.3) is 10.9 Å². The molecule has 0 saturated heterocycles. The lowest BCUT2D eigenvalue weighted by molar-refractivity contribution is 0.0976. The van der Waals surface area contributed by atoms with Crippen molar-refractivity contribution in [3.05, 3.63) is 83.4 Å². The van der Waals surface area contributed by atoms with E-state index in [4.69, 9.17) is 21.1 Å². The van der Waals surface area contributed by atoms with Crippen molar-refractivity contribution in [3.63, 3.8) is 0 Å². The average Bonchev–Trinajstić information content (AvgIpc) is 3.32. The summed E-state index contributed by atoms with van der Waals surface area (Å²) in [6, 6.07) is 17.1. The quantitative estimate of drug-likeness (QED) is 0.270. The van der Waals surface area contributed by atoms with Crippen molar-refractivity contribution in [2.45, 2.75) is 12.1 Å². The van der Waals surface area contributed by atoms with Gasteiger partial charge in [0.1, 0.15) is 42.5 Å². The topological polar surface area (TPSA) is 121 Å². The van der Waals surface area contributed by atoms with Gasteiger partial charge in [0.2, 0.25) is 0 Å². The minimum atomic E-state index is -1.05. The van der Waals surface area contributed by atoms with Crippen molar-refractivity contribution >= 4 is 45.7 Å². The van der Waals surface area contributed by atoms with Crippen molar-refractivity contribution < 1.29 is 24.1 Å². The molecule has 1 aliphatic rings. The van der Waals surface area contributed by atoms with E-state index in [1.54, 1.807) is 30.3 Å². The largest absolute Gasteiger partial charge is 0.487 e. The fourth-order valence-electron chi connectivity index (χ4n) is 3.74. The van der Waals surface area contributed by atoms with Gasteiger partial charge in [-0.15, -0.1) is 0 Å². The summed E-state index contributed by atoms with van der Waals surface area (Å²) in [5, 5.41) is 26.5. The molecule has 0 radical (unpaired) electrons. The van der Waals surface area contributed by atoms with Crippen LogP contribution in [0.3, 0.4) is 0 Å². The molecule has 37 heavy (non-hydrogen) atoms. The average molecular weight is 524 g/mol. The van der Waals surface area contributed by atoms with Crippen LogP contribution in [0.15, 0.2) is 72.0 Å². The van der Waals surface area contributed by atoms with Gasteiger partial charge in [-0.2, -0.15) is 0 Å². The molecule has 0 spiro atoms. The summed E-state index contributed by atoms with van der Waals surface area (Å²) in [4.78, 5) is 13.0. The molecule has 1 aliphatic heterocycles. The van der Waals surface area contributed by atoms with Crippen molar-refractivity contribution in [1.29, 1.82) is 0 Å². The van der Waals surface area contributed by atoms with E-state index in [1.807, 2.05) is 18.2 Å². The lowest BCUT2D eigenvalue weighted by Crippen LogP contribution is -2.37. The van der Waals surface area contributed by atoms with Gasteiger partial charge in [0, 0.05) is 16.8 Å². The molecule has 4 aromatic rings. The molecule has 11 heteroatoms. The van der Waals surface area contributed by atoms with E-state index < -0.39 is 5.54 Å². The first-order valence-corrected chi connectivity index (χ1v) is 11.7. The SMILES string of the molecule is OCC1(CO)COC(Nc2ccc3ncnc(Nc4ccc(OCc5cccc(F)c5)c(Cl)c4)c3c2)=N1. The van der Waals surface area contributed by atoms with Crippen LogP contribution in [0.2, 0.25) is 5.02 Å². The molecule has 0 unspecified atom stereocenters. The third kappa shape index (κ3) is 5.56. The normalized spacial score (nSPS) is 14.2. The van der Waals surface area contributed by atoms with E-state index in [1.165, 1.54) is 18.5 Å². The van der Waals surface area contributed by atoms with Gasteiger partial charge in [0.15, 0.2) is 0 Å². The van der Waals surface area contributed by atoms with E-state index in [2.05, 4.69) is 25.6 Å². The number of aliphatic hydroxyl groups is 2. The molecule has 4 N–H and O–H groups in total. The smallest absolute Gasteiger partial charge is 0.290 e. The molecule has 1 aromatic heterocycles. The number of ether oxygens (including phenoxy) is 2. The van der Waals surface area contributed by atoms with Gasteiger partial charge in [-0.05, 0) is 54.1 Å². The van der Waals surface area contributed by atoms with Crippen LogP contribution in [0.4, 0.5) is 21.6 Å². The van der Waals surface area contributed by atoms with Gasteiger partial charge in [0.05, 0.1) is 23.8 Å². The number of nitrogens with zero attached hydrogens (tertiary/aromatic N) is 3. The molecule has 5 rings (SSSR count). The zero-order chi connectivity index (χ0) is 25.8. The minimum absolute atomic E-state index is 0.0779. The van der Waals surface area contributed by atoms with Crippen molar-refractivity contribution in [3.8, 4) is 5.75 Å². The molecule has 9 nitrogen and oxygen atoms in total. The Morgan fingerprint density at radius 3 is 2.57 bits per heavy atom. The molecule has 0 saturated carbocycles. The molecule has 0 fully saturated rings. The van der Waals surface area contributed by atoms with E-state index in [-0.39, 0.29) is 38.3 Å². The molecular weight excluding hydrogens is 501 g/mol. The number of benzene rings is 3. The second-order valence-electron chi connectivity index (χ2n) is 8.51. The molecule has 2 heterocycles. The number of fused-ring (bicyclic) bond motifs is 1. The van der Waals surface area contributed by atoms with E-state index in [0.717, 1.165) is 5.39 Å². The van der Waals surface area contributed by atoms with Gasteiger partial charge in [-0.3, -0.25) is 0 Å². The highest BCUT2D eigenvalue weighted by molar-refractivity contribution is 6.32. The summed E-state index contributed by atoms with van der Waals surface area (Å²) >= 11 is 6.43. The maximum absolute atomic E-state index is 13.4. The summed E-state index contributed by atoms with van der Waals surface area (Å²) in [5.41, 5.74) is 1.69. The Bertz CT molecular complexity index is 1460. The first kappa shape index (κ1) is 24.7. The van der Waals surface area contributed by atoms with Crippen molar-refractivity contribution in [2.75, 3.05) is 30.5 Å². The van der Waals surface area contributed by atoms with Gasteiger partial charge in [-0.1, -0.05) is 23.7 Å². The Hall–Kier alpha value is -3.99. The van der Waals surface area contributed by atoms with Gasteiger partial charge < -0.3 is 30.3 Å². The number of nitrogens with one attached hydrogen (secondary N) is 2. The Kier molecular flexibility index (Phi) is 7.04. The van der Waals surface area contributed by atoms with Crippen molar-refractivity contribution in [1.82, 2.24) is 9.97 Å². The van der Waals surface area contributed by atoms with E-state index >= 15 is 0 Å². The molecule has 0 atom stereocenters. The maximum atomic E-state index is 13.4. The Morgan fingerprint density at radius 2 is 1.81 bits per heavy atom. The molecule has 0 aliphatic carbocycles. The van der Waals surface area contributed by atoms with Gasteiger partial charge >= 0.3 is 0 Å². The number of hydrogen-bond acceptors (Lipinski definition) is 9. The standard InChI is InChI=1S/C26H23ClFN5O4/c27-21-10-19(5-7-23(21)36-11-16-2-1-3-17(28)8-16)31-24-20-9-18(4-6-22(20)29-15-30-24)32-25-33-26(12-34,13-35)14-37-25/h1-10,15,34-35H,11-14H2,(H,32,33)(H,29,30,31). The predicted octanol–water partition coefficient (Wildman–Crippen LogP) is 4.27. The van der Waals surface area contributed by atoms with Crippen LogP contribution in [-0.4, -0.2) is 51.6 Å². The number of halogens is 2. The zero-order valence-electron chi connectivity index (χ0n) is 19.5. The number of aliphatic hydroxyl groups excluding tert-OH is 2. The summed E-state index contributed by atoms with van der Waals surface area (Å²) in [6.45, 7) is -0.394. The number of hydrogen-bond donors (Lipinski definition) is 4.